The first kappa shape index (κ1) is 11.7. The van der Waals surface area contributed by atoms with E-state index in [1.807, 2.05) is 6.21 Å². The maximum absolute atomic E-state index is 4.26. The SMILES string of the molecule is C1=NCN(CN2CCN(c3ccccc3)CC2)C1. The molecule has 0 radical (unpaired) electrons. The van der Waals surface area contributed by atoms with Crippen LogP contribution in [0.5, 0.6) is 0 Å². The summed E-state index contributed by atoms with van der Waals surface area (Å²) in [6.45, 7) is 7.48. The van der Waals surface area contributed by atoms with Crippen LogP contribution >= 0.6 is 0 Å². The molecule has 0 unspecified atom stereocenters. The third-order valence-electron chi connectivity index (χ3n) is 3.64. The van der Waals surface area contributed by atoms with Gasteiger partial charge < -0.3 is 4.90 Å². The number of rotatable bonds is 3. The molecule has 1 fully saturated rings. The van der Waals surface area contributed by atoms with E-state index in [1.54, 1.807) is 0 Å². The lowest BCUT2D eigenvalue weighted by atomic mass is 10.2. The standard InChI is InChI=1S/C14H20N4/c1-2-4-14(5-3-1)18-10-8-16(9-11-18)13-17-7-6-15-12-17/h1-6H,7-13H2. The number of benzene rings is 1. The number of anilines is 1. The van der Waals surface area contributed by atoms with Gasteiger partial charge in [0.2, 0.25) is 0 Å². The molecular weight excluding hydrogens is 224 g/mol. The summed E-state index contributed by atoms with van der Waals surface area (Å²) in [6.07, 6.45) is 2.01. The van der Waals surface area contributed by atoms with Gasteiger partial charge in [-0.1, -0.05) is 18.2 Å². The summed E-state index contributed by atoms with van der Waals surface area (Å²) in [5.41, 5.74) is 1.35. The average Bonchev–Trinajstić information content (AvgIpc) is 2.94. The van der Waals surface area contributed by atoms with Crippen molar-refractivity contribution in [2.75, 3.05) is 51.0 Å². The molecule has 2 aliphatic rings. The first-order valence-electron chi connectivity index (χ1n) is 6.65. The van der Waals surface area contributed by atoms with E-state index in [2.05, 4.69) is 50.0 Å². The first-order chi connectivity index (χ1) is 8.92. The zero-order valence-electron chi connectivity index (χ0n) is 10.7. The third kappa shape index (κ3) is 2.71. The smallest absolute Gasteiger partial charge is 0.0919 e. The van der Waals surface area contributed by atoms with Crippen molar-refractivity contribution in [3.05, 3.63) is 30.3 Å². The molecule has 0 aromatic heterocycles. The van der Waals surface area contributed by atoms with E-state index in [-0.39, 0.29) is 0 Å². The van der Waals surface area contributed by atoms with Crippen LogP contribution in [0.2, 0.25) is 0 Å². The highest BCUT2D eigenvalue weighted by molar-refractivity contribution is 5.61. The van der Waals surface area contributed by atoms with Crippen molar-refractivity contribution in [2.45, 2.75) is 0 Å². The average molecular weight is 244 g/mol. The monoisotopic (exact) mass is 244 g/mol. The highest BCUT2D eigenvalue weighted by atomic mass is 15.4. The van der Waals surface area contributed by atoms with E-state index in [0.717, 1.165) is 46.1 Å². The summed E-state index contributed by atoms with van der Waals surface area (Å²) in [5, 5.41) is 0. The van der Waals surface area contributed by atoms with Gasteiger partial charge in [-0.15, -0.1) is 0 Å². The predicted molar refractivity (Wildman–Crippen MR) is 75.2 cm³/mol. The van der Waals surface area contributed by atoms with Gasteiger partial charge in [-0.2, -0.15) is 0 Å². The van der Waals surface area contributed by atoms with E-state index in [4.69, 9.17) is 0 Å². The van der Waals surface area contributed by atoms with E-state index < -0.39 is 0 Å². The Morgan fingerprint density at radius 1 is 0.944 bits per heavy atom. The topological polar surface area (TPSA) is 22.1 Å². The van der Waals surface area contributed by atoms with E-state index in [0.29, 0.717) is 0 Å². The Morgan fingerprint density at radius 3 is 2.39 bits per heavy atom. The molecule has 0 N–H and O–H groups in total. The van der Waals surface area contributed by atoms with Gasteiger partial charge in [-0.25, -0.2) is 0 Å². The van der Waals surface area contributed by atoms with E-state index in [9.17, 15) is 0 Å². The zero-order chi connectivity index (χ0) is 12.2. The number of hydrogen-bond acceptors (Lipinski definition) is 4. The Kier molecular flexibility index (Phi) is 3.57. The maximum Gasteiger partial charge on any atom is 0.0919 e. The lowest BCUT2D eigenvalue weighted by molar-refractivity contribution is 0.148. The minimum atomic E-state index is 0.874. The van der Waals surface area contributed by atoms with Crippen LogP contribution in [0.25, 0.3) is 0 Å². The van der Waals surface area contributed by atoms with Gasteiger partial charge in [-0.05, 0) is 12.1 Å². The molecule has 0 saturated carbocycles. The number of aliphatic imine (C=N–C) groups is 1. The highest BCUT2D eigenvalue weighted by Crippen LogP contribution is 2.15. The molecule has 0 spiro atoms. The normalized spacial score (nSPS) is 21.7. The molecule has 1 aromatic rings. The van der Waals surface area contributed by atoms with Gasteiger partial charge in [-0.3, -0.25) is 14.8 Å². The van der Waals surface area contributed by atoms with Crippen LogP contribution in [0, 0.1) is 0 Å². The summed E-state index contributed by atoms with van der Waals surface area (Å²) in [6, 6.07) is 10.7. The van der Waals surface area contributed by atoms with Crippen molar-refractivity contribution in [3.63, 3.8) is 0 Å². The van der Waals surface area contributed by atoms with Crippen LogP contribution < -0.4 is 4.90 Å². The molecule has 4 heteroatoms. The summed E-state index contributed by atoms with van der Waals surface area (Å²) in [5.74, 6) is 0. The third-order valence-corrected chi connectivity index (χ3v) is 3.64. The molecule has 1 aromatic carbocycles. The molecule has 2 aliphatic heterocycles. The van der Waals surface area contributed by atoms with Crippen molar-refractivity contribution in [1.29, 1.82) is 0 Å². The van der Waals surface area contributed by atoms with Gasteiger partial charge in [0.25, 0.3) is 0 Å². The van der Waals surface area contributed by atoms with Crippen LogP contribution in [0.4, 0.5) is 5.69 Å². The first-order valence-corrected chi connectivity index (χ1v) is 6.65. The molecule has 0 amide bonds. The number of hydrogen-bond donors (Lipinski definition) is 0. The van der Waals surface area contributed by atoms with Gasteiger partial charge in [0.15, 0.2) is 0 Å². The number of nitrogens with zero attached hydrogens (tertiary/aromatic N) is 4. The van der Waals surface area contributed by atoms with Crippen molar-refractivity contribution in [2.24, 2.45) is 4.99 Å². The molecule has 1 saturated heterocycles. The van der Waals surface area contributed by atoms with Gasteiger partial charge >= 0.3 is 0 Å². The van der Waals surface area contributed by atoms with Crippen LogP contribution in [-0.4, -0.2) is 62.1 Å². The Hall–Kier alpha value is -1.39. The summed E-state index contributed by atoms with van der Waals surface area (Å²) < 4.78 is 0. The van der Waals surface area contributed by atoms with Crippen molar-refractivity contribution in [1.82, 2.24) is 9.80 Å². The Balaban J connectivity index is 1.49. The van der Waals surface area contributed by atoms with Gasteiger partial charge in [0.05, 0.1) is 13.3 Å². The Bertz CT molecular complexity index is 388. The Morgan fingerprint density at radius 2 is 1.72 bits per heavy atom. The molecule has 96 valence electrons. The molecule has 4 nitrogen and oxygen atoms in total. The summed E-state index contributed by atoms with van der Waals surface area (Å²) >= 11 is 0. The lowest BCUT2D eigenvalue weighted by Crippen LogP contribution is -2.49. The van der Waals surface area contributed by atoms with Gasteiger partial charge in [0, 0.05) is 44.6 Å². The quantitative estimate of drug-likeness (QED) is 0.795. The molecule has 18 heavy (non-hydrogen) atoms. The van der Waals surface area contributed by atoms with E-state index in [1.165, 1.54) is 5.69 Å². The second kappa shape index (κ2) is 5.50. The minimum absolute atomic E-state index is 0.874. The molecule has 0 aliphatic carbocycles. The van der Waals surface area contributed by atoms with Crippen molar-refractivity contribution in [3.8, 4) is 0 Å². The van der Waals surface area contributed by atoms with E-state index >= 15 is 0 Å². The van der Waals surface area contributed by atoms with Crippen LogP contribution in [0.1, 0.15) is 0 Å². The Labute approximate surface area is 109 Å². The predicted octanol–water partition coefficient (Wildman–Crippen LogP) is 1.11. The van der Waals surface area contributed by atoms with Crippen molar-refractivity contribution >= 4 is 11.9 Å². The van der Waals surface area contributed by atoms with Crippen LogP contribution in [-0.2, 0) is 0 Å². The van der Waals surface area contributed by atoms with Gasteiger partial charge in [0.1, 0.15) is 0 Å². The second-order valence-corrected chi connectivity index (χ2v) is 4.94. The zero-order valence-corrected chi connectivity index (χ0v) is 10.7. The number of piperazine rings is 1. The molecule has 0 bridgehead atoms. The van der Waals surface area contributed by atoms with Crippen molar-refractivity contribution < 1.29 is 0 Å². The highest BCUT2D eigenvalue weighted by Gasteiger charge is 2.19. The molecular formula is C14H20N4. The molecule has 0 atom stereocenters. The summed E-state index contributed by atoms with van der Waals surface area (Å²) in [7, 11) is 0. The van der Waals surface area contributed by atoms with Crippen LogP contribution in [0.15, 0.2) is 35.3 Å². The molecule has 2 heterocycles. The summed E-state index contributed by atoms with van der Waals surface area (Å²) in [4.78, 5) is 11.6. The largest absolute Gasteiger partial charge is 0.369 e. The molecule has 3 rings (SSSR count). The lowest BCUT2D eigenvalue weighted by Gasteiger charge is -2.37. The minimum Gasteiger partial charge on any atom is -0.369 e. The fourth-order valence-electron chi connectivity index (χ4n) is 2.58. The number of para-hydroxylation sites is 1. The maximum atomic E-state index is 4.26. The second-order valence-electron chi connectivity index (χ2n) is 4.94. The fourth-order valence-corrected chi connectivity index (χ4v) is 2.58. The van der Waals surface area contributed by atoms with Crippen LogP contribution in [0.3, 0.4) is 0 Å². The fraction of sp³-hybridized carbons (Fsp3) is 0.500.